The average molecular weight is 389 g/mol. The molecule has 1 amide bonds. The van der Waals surface area contributed by atoms with E-state index in [0.29, 0.717) is 18.7 Å². The molecule has 0 heterocycles. The van der Waals surface area contributed by atoms with Gasteiger partial charge in [0.25, 0.3) is 5.91 Å². The molecule has 5 nitrogen and oxygen atoms in total. The molecule has 6 heteroatoms. The zero-order valence-corrected chi connectivity index (χ0v) is 17.1. The van der Waals surface area contributed by atoms with Crippen LogP contribution in [0.3, 0.4) is 0 Å². The van der Waals surface area contributed by atoms with Crippen molar-refractivity contribution >= 4 is 15.9 Å². The molecule has 0 atom stereocenters. The highest BCUT2D eigenvalue weighted by Crippen LogP contribution is 2.15. The number of hydrogen-bond acceptors (Lipinski definition) is 3. The Labute approximate surface area is 162 Å². The molecule has 0 saturated carbocycles. The summed E-state index contributed by atoms with van der Waals surface area (Å²) in [5, 5.41) is 0. The topological polar surface area (TPSA) is 66.5 Å². The Morgan fingerprint density at radius 1 is 1.00 bits per heavy atom. The molecule has 0 aliphatic rings. The minimum absolute atomic E-state index is 0.106. The Bertz CT molecular complexity index is 873. The number of sulfonamides is 1. The first-order valence-corrected chi connectivity index (χ1v) is 10.8. The maximum absolute atomic E-state index is 12.7. The molecule has 0 unspecified atom stereocenters. The summed E-state index contributed by atoms with van der Waals surface area (Å²) >= 11 is 0. The van der Waals surface area contributed by atoms with Gasteiger partial charge in [-0.15, -0.1) is 0 Å². The largest absolute Gasteiger partial charge is 0.339 e. The van der Waals surface area contributed by atoms with Gasteiger partial charge >= 0.3 is 0 Å². The van der Waals surface area contributed by atoms with Gasteiger partial charge in [-0.3, -0.25) is 4.79 Å². The van der Waals surface area contributed by atoms with Crippen LogP contribution < -0.4 is 4.72 Å². The van der Waals surface area contributed by atoms with Crippen LogP contribution in [0.1, 0.15) is 48.2 Å². The van der Waals surface area contributed by atoms with Crippen LogP contribution in [-0.4, -0.2) is 32.3 Å². The Morgan fingerprint density at radius 3 is 2.30 bits per heavy atom. The highest BCUT2D eigenvalue weighted by atomic mass is 32.2. The van der Waals surface area contributed by atoms with Gasteiger partial charge < -0.3 is 4.90 Å². The van der Waals surface area contributed by atoms with Crippen LogP contribution >= 0.6 is 0 Å². The summed E-state index contributed by atoms with van der Waals surface area (Å²) in [4.78, 5) is 14.6. The SMILES string of the molecule is CCCN(CCC)C(=O)c1cccc(S(=O)(=O)NCc2ccccc2C)c1. The summed E-state index contributed by atoms with van der Waals surface area (Å²) in [6.45, 7) is 7.52. The van der Waals surface area contributed by atoms with Crippen LogP contribution in [0, 0.1) is 6.92 Å². The summed E-state index contributed by atoms with van der Waals surface area (Å²) < 4.78 is 28.0. The fraction of sp³-hybridized carbons (Fsp3) is 0.381. The van der Waals surface area contributed by atoms with Crippen LogP contribution in [-0.2, 0) is 16.6 Å². The first-order chi connectivity index (χ1) is 12.9. The molecular weight excluding hydrogens is 360 g/mol. The zero-order chi connectivity index (χ0) is 19.9. The van der Waals surface area contributed by atoms with E-state index in [0.717, 1.165) is 24.0 Å². The monoisotopic (exact) mass is 388 g/mol. The summed E-state index contributed by atoms with van der Waals surface area (Å²) in [6.07, 6.45) is 1.73. The minimum Gasteiger partial charge on any atom is -0.339 e. The molecule has 27 heavy (non-hydrogen) atoms. The number of hydrogen-bond donors (Lipinski definition) is 1. The van der Waals surface area contributed by atoms with Gasteiger partial charge in [0.2, 0.25) is 10.0 Å². The van der Waals surface area contributed by atoms with Crippen molar-refractivity contribution in [2.45, 2.75) is 45.1 Å². The van der Waals surface area contributed by atoms with Crippen LogP contribution in [0.25, 0.3) is 0 Å². The predicted molar refractivity (Wildman–Crippen MR) is 108 cm³/mol. The van der Waals surface area contributed by atoms with Crippen molar-refractivity contribution in [3.05, 3.63) is 65.2 Å². The predicted octanol–water partition coefficient (Wildman–Crippen LogP) is 3.74. The first kappa shape index (κ1) is 21.1. The molecular formula is C21H28N2O3S. The Morgan fingerprint density at radius 2 is 1.67 bits per heavy atom. The molecule has 0 aromatic heterocycles. The van der Waals surface area contributed by atoms with E-state index in [1.54, 1.807) is 17.0 Å². The molecule has 0 aliphatic carbocycles. The quantitative estimate of drug-likeness (QED) is 0.712. The lowest BCUT2D eigenvalue weighted by Gasteiger charge is -2.21. The molecule has 2 rings (SSSR count). The van der Waals surface area contributed by atoms with Crippen LogP contribution in [0.15, 0.2) is 53.4 Å². The van der Waals surface area contributed by atoms with Crippen molar-refractivity contribution in [1.82, 2.24) is 9.62 Å². The number of aryl methyl sites for hydroxylation is 1. The summed E-state index contributed by atoms with van der Waals surface area (Å²) in [6, 6.07) is 13.9. The van der Waals surface area contributed by atoms with Gasteiger partial charge in [0.15, 0.2) is 0 Å². The van der Waals surface area contributed by atoms with Crippen molar-refractivity contribution in [2.24, 2.45) is 0 Å². The van der Waals surface area contributed by atoms with E-state index in [9.17, 15) is 13.2 Å². The first-order valence-electron chi connectivity index (χ1n) is 9.32. The third-order valence-electron chi connectivity index (χ3n) is 4.38. The number of nitrogens with zero attached hydrogens (tertiary/aromatic N) is 1. The van der Waals surface area contributed by atoms with E-state index in [-0.39, 0.29) is 17.3 Å². The fourth-order valence-electron chi connectivity index (χ4n) is 2.90. The second-order valence-electron chi connectivity index (χ2n) is 6.57. The average Bonchev–Trinajstić information content (AvgIpc) is 2.67. The second kappa shape index (κ2) is 9.67. The Hall–Kier alpha value is -2.18. The number of amides is 1. The lowest BCUT2D eigenvalue weighted by molar-refractivity contribution is 0.0755. The van der Waals surface area contributed by atoms with E-state index in [1.165, 1.54) is 12.1 Å². The van der Waals surface area contributed by atoms with Gasteiger partial charge in [0.05, 0.1) is 4.90 Å². The van der Waals surface area contributed by atoms with E-state index in [4.69, 9.17) is 0 Å². The fourth-order valence-corrected chi connectivity index (χ4v) is 3.95. The number of rotatable bonds is 9. The van der Waals surface area contributed by atoms with Gasteiger partial charge in [-0.25, -0.2) is 13.1 Å². The Balaban J connectivity index is 2.19. The van der Waals surface area contributed by atoms with Crippen LogP contribution in [0.2, 0.25) is 0 Å². The molecule has 2 aromatic rings. The molecule has 0 fully saturated rings. The third kappa shape index (κ3) is 5.65. The summed E-state index contributed by atoms with van der Waals surface area (Å²) in [5.74, 6) is -0.130. The smallest absolute Gasteiger partial charge is 0.253 e. The van der Waals surface area contributed by atoms with E-state index in [1.807, 2.05) is 45.0 Å². The van der Waals surface area contributed by atoms with Gasteiger partial charge in [-0.2, -0.15) is 0 Å². The lowest BCUT2D eigenvalue weighted by Crippen LogP contribution is -2.32. The van der Waals surface area contributed by atoms with Gasteiger partial charge in [0.1, 0.15) is 0 Å². The second-order valence-corrected chi connectivity index (χ2v) is 8.34. The molecule has 0 bridgehead atoms. The number of nitrogens with one attached hydrogen (secondary N) is 1. The number of carbonyl (C=O) groups excluding carboxylic acids is 1. The lowest BCUT2D eigenvalue weighted by atomic mass is 10.1. The van der Waals surface area contributed by atoms with Crippen LogP contribution in [0.4, 0.5) is 0 Å². The molecule has 0 radical (unpaired) electrons. The van der Waals surface area contributed by atoms with Crippen LogP contribution in [0.5, 0.6) is 0 Å². The molecule has 0 spiro atoms. The molecule has 1 N–H and O–H groups in total. The maximum atomic E-state index is 12.7. The number of benzene rings is 2. The minimum atomic E-state index is -3.70. The highest BCUT2D eigenvalue weighted by Gasteiger charge is 2.19. The van der Waals surface area contributed by atoms with Crippen molar-refractivity contribution in [2.75, 3.05) is 13.1 Å². The van der Waals surface area contributed by atoms with E-state index >= 15 is 0 Å². The zero-order valence-electron chi connectivity index (χ0n) is 16.2. The third-order valence-corrected chi connectivity index (χ3v) is 5.78. The van der Waals surface area contributed by atoms with E-state index < -0.39 is 10.0 Å². The van der Waals surface area contributed by atoms with Crippen molar-refractivity contribution in [1.29, 1.82) is 0 Å². The van der Waals surface area contributed by atoms with E-state index in [2.05, 4.69) is 4.72 Å². The molecule has 0 aliphatic heterocycles. The van der Waals surface area contributed by atoms with Crippen molar-refractivity contribution in [3.8, 4) is 0 Å². The molecule has 0 saturated heterocycles. The summed E-state index contributed by atoms with van der Waals surface area (Å²) in [7, 11) is -3.70. The highest BCUT2D eigenvalue weighted by molar-refractivity contribution is 7.89. The molecule has 2 aromatic carbocycles. The van der Waals surface area contributed by atoms with Gasteiger partial charge in [-0.1, -0.05) is 44.2 Å². The Kier molecular flexibility index (Phi) is 7.56. The van der Waals surface area contributed by atoms with Crippen molar-refractivity contribution in [3.63, 3.8) is 0 Å². The van der Waals surface area contributed by atoms with Gasteiger partial charge in [-0.05, 0) is 49.1 Å². The van der Waals surface area contributed by atoms with Crippen molar-refractivity contribution < 1.29 is 13.2 Å². The normalized spacial score (nSPS) is 11.4. The summed E-state index contributed by atoms with van der Waals surface area (Å²) in [5.41, 5.74) is 2.35. The standard InChI is InChI=1S/C21H28N2O3S/c1-4-13-23(14-5-2)21(24)18-11-8-12-20(15-18)27(25,26)22-16-19-10-7-6-9-17(19)3/h6-12,15,22H,4-5,13-14,16H2,1-3H3. The van der Waals surface area contributed by atoms with Gasteiger partial charge in [0, 0.05) is 25.2 Å². The number of carbonyl (C=O) groups is 1. The maximum Gasteiger partial charge on any atom is 0.253 e. The molecule has 146 valence electrons.